The Morgan fingerprint density at radius 1 is 1.25 bits per heavy atom. The van der Waals surface area contributed by atoms with E-state index in [0.717, 1.165) is 19.7 Å². The highest BCUT2D eigenvalue weighted by atomic mass is 16.5. The minimum Gasteiger partial charge on any atom is -0.475 e. The quantitative estimate of drug-likeness (QED) is 0.681. The molecule has 4 nitrogen and oxygen atoms in total. The Labute approximate surface area is 97.0 Å². The Kier molecular flexibility index (Phi) is 6.53. The highest BCUT2D eigenvalue weighted by Crippen LogP contribution is 2.07. The second kappa shape index (κ2) is 8.07. The Morgan fingerprint density at radius 3 is 2.75 bits per heavy atom. The lowest BCUT2D eigenvalue weighted by molar-refractivity contribution is 0.108. The van der Waals surface area contributed by atoms with E-state index in [1.54, 1.807) is 0 Å². The van der Waals surface area contributed by atoms with E-state index in [2.05, 4.69) is 17.2 Å². The third-order valence-corrected chi connectivity index (χ3v) is 2.06. The second-order valence-electron chi connectivity index (χ2n) is 3.33. The summed E-state index contributed by atoms with van der Waals surface area (Å²) in [6.07, 6.45) is 1.83. The molecule has 1 N–H and O–H groups in total. The van der Waals surface area contributed by atoms with Gasteiger partial charge in [-0.2, -0.15) is 0 Å². The van der Waals surface area contributed by atoms with Crippen LogP contribution < -0.4 is 10.1 Å². The normalized spacial score (nSPS) is 10.4. The van der Waals surface area contributed by atoms with E-state index >= 15 is 0 Å². The fourth-order valence-corrected chi connectivity index (χ4v) is 1.22. The molecule has 90 valence electrons. The van der Waals surface area contributed by atoms with Gasteiger partial charge in [0.2, 0.25) is 5.88 Å². The zero-order chi connectivity index (χ0) is 11.6. The Balaban J connectivity index is 2.27. The number of nitrogens with one attached hydrogen (secondary N) is 1. The Hall–Kier alpha value is -1.13. The average molecular weight is 224 g/mol. The molecule has 0 spiro atoms. The molecule has 0 aliphatic carbocycles. The molecule has 0 amide bonds. The van der Waals surface area contributed by atoms with Crippen LogP contribution in [0.2, 0.25) is 0 Å². The SMILES string of the molecule is CCNCc1ccc(OCCOCC)nc1. The standard InChI is InChI=1S/C12H20N2O2/c1-3-13-9-11-5-6-12(14-10-11)16-8-7-15-4-2/h5-6,10,13H,3-4,7-9H2,1-2H3. The summed E-state index contributed by atoms with van der Waals surface area (Å²) in [6.45, 7) is 7.74. The van der Waals surface area contributed by atoms with Crippen LogP contribution in [0.3, 0.4) is 0 Å². The highest BCUT2D eigenvalue weighted by molar-refractivity contribution is 5.17. The van der Waals surface area contributed by atoms with E-state index in [4.69, 9.17) is 9.47 Å². The Morgan fingerprint density at radius 2 is 2.12 bits per heavy atom. The molecule has 1 aromatic rings. The van der Waals surface area contributed by atoms with Gasteiger partial charge in [-0.1, -0.05) is 13.0 Å². The molecular formula is C12H20N2O2. The molecule has 0 aliphatic rings. The highest BCUT2D eigenvalue weighted by Gasteiger charge is 1.96. The first-order chi connectivity index (χ1) is 7.86. The molecule has 1 heterocycles. The molecule has 0 fully saturated rings. The number of ether oxygens (including phenoxy) is 2. The molecule has 1 aromatic heterocycles. The lowest BCUT2D eigenvalue weighted by Crippen LogP contribution is -2.12. The molecule has 1 rings (SSSR count). The minimum absolute atomic E-state index is 0.549. The summed E-state index contributed by atoms with van der Waals surface area (Å²) in [7, 11) is 0. The van der Waals surface area contributed by atoms with Gasteiger partial charge in [-0.3, -0.25) is 0 Å². The zero-order valence-electron chi connectivity index (χ0n) is 10.0. The second-order valence-corrected chi connectivity index (χ2v) is 3.33. The van der Waals surface area contributed by atoms with Crippen LogP contribution in [-0.2, 0) is 11.3 Å². The summed E-state index contributed by atoms with van der Waals surface area (Å²) in [6, 6.07) is 3.91. The third-order valence-electron chi connectivity index (χ3n) is 2.06. The summed E-state index contributed by atoms with van der Waals surface area (Å²) in [4.78, 5) is 4.21. The van der Waals surface area contributed by atoms with E-state index in [1.165, 1.54) is 5.56 Å². The summed E-state index contributed by atoms with van der Waals surface area (Å²) in [5.41, 5.74) is 1.17. The lowest BCUT2D eigenvalue weighted by Gasteiger charge is -2.06. The van der Waals surface area contributed by atoms with Crippen molar-refractivity contribution in [2.45, 2.75) is 20.4 Å². The first kappa shape index (κ1) is 12.9. The first-order valence-corrected chi connectivity index (χ1v) is 5.73. The smallest absolute Gasteiger partial charge is 0.213 e. The molecule has 0 atom stereocenters. The number of hydrogen-bond acceptors (Lipinski definition) is 4. The topological polar surface area (TPSA) is 43.4 Å². The van der Waals surface area contributed by atoms with Crippen molar-refractivity contribution < 1.29 is 9.47 Å². The predicted octanol–water partition coefficient (Wildman–Crippen LogP) is 1.61. The van der Waals surface area contributed by atoms with Crippen molar-refractivity contribution in [3.8, 4) is 5.88 Å². The van der Waals surface area contributed by atoms with Gasteiger partial charge in [-0.05, 0) is 19.0 Å². The third kappa shape index (κ3) is 5.09. The fraction of sp³-hybridized carbons (Fsp3) is 0.583. The van der Waals surface area contributed by atoms with Crippen LogP contribution in [0.4, 0.5) is 0 Å². The number of nitrogens with zero attached hydrogens (tertiary/aromatic N) is 1. The van der Waals surface area contributed by atoms with E-state index in [1.807, 2.05) is 25.3 Å². The maximum absolute atomic E-state index is 5.41. The summed E-state index contributed by atoms with van der Waals surface area (Å²) in [5.74, 6) is 0.653. The van der Waals surface area contributed by atoms with Crippen molar-refractivity contribution in [3.05, 3.63) is 23.9 Å². The van der Waals surface area contributed by atoms with Crippen molar-refractivity contribution in [2.75, 3.05) is 26.4 Å². The average Bonchev–Trinajstić information content (AvgIpc) is 2.33. The number of aromatic nitrogens is 1. The van der Waals surface area contributed by atoms with Crippen molar-refractivity contribution in [1.29, 1.82) is 0 Å². The maximum Gasteiger partial charge on any atom is 0.213 e. The summed E-state index contributed by atoms with van der Waals surface area (Å²) >= 11 is 0. The monoisotopic (exact) mass is 224 g/mol. The van der Waals surface area contributed by atoms with Gasteiger partial charge < -0.3 is 14.8 Å². The molecule has 0 radical (unpaired) electrons. The van der Waals surface area contributed by atoms with Crippen molar-refractivity contribution in [1.82, 2.24) is 10.3 Å². The number of hydrogen-bond donors (Lipinski definition) is 1. The van der Waals surface area contributed by atoms with Gasteiger partial charge in [0.05, 0.1) is 6.61 Å². The molecule has 0 saturated carbocycles. The maximum atomic E-state index is 5.41. The van der Waals surface area contributed by atoms with Crippen LogP contribution in [0, 0.1) is 0 Å². The molecule has 0 saturated heterocycles. The summed E-state index contributed by atoms with van der Waals surface area (Å²) in [5, 5.41) is 3.24. The largest absolute Gasteiger partial charge is 0.475 e. The minimum atomic E-state index is 0.549. The van der Waals surface area contributed by atoms with Crippen LogP contribution in [0.25, 0.3) is 0 Å². The van der Waals surface area contributed by atoms with Crippen molar-refractivity contribution >= 4 is 0 Å². The van der Waals surface area contributed by atoms with E-state index in [0.29, 0.717) is 19.1 Å². The molecule has 16 heavy (non-hydrogen) atoms. The Bertz CT molecular complexity index is 275. The van der Waals surface area contributed by atoms with Gasteiger partial charge in [0.1, 0.15) is 6.61 Å². The van der Waals surface area contributed by atoms with E-state index in [-0.39, 0.29) is 0 Å². The molecular weight excluding hydrogens is 204 g/mol. The van der Waals surface area contributed by atoms with Gasteiger partial charge in [0.15, 0.2) is 0 Å². The molecule has 4 heteroatoms. The predicted molar refractivity (Wildman–Crippen MR) is 63.6 cm³/mol. The van der Waals surface area contributed by atoms with Crippen LogP contribution >= 0.6 is 0 Å². The van der Waals surface area contributed by atoms with Crippen molar-refractivity contribution in [3.63, 3.8) is 0 Å². The van der Waals surface area contributed by atoms with Gasteiger partial charge in [0.25, 0.3) is 0 Å². The molecule has 0 bridgehead atoms. The molecule has 0 aromatic carbocycles. The van der Waals surface area contributed by atoms with Gasteiger partial charge in [-0.15, -0.1) is 0 Å². The fourth-order valence-electron chi connectivity index (χ4n) is 1.22. The van der Waals surface area contributed by atoms with Crippen LogP contribution in [0.5, 0.6) is 5.88 Å². The molecule has 0 aliphatic heterocycles. The zero-order valence-corrected chi connectivity index (χ0v) is 10.0. The van der Waals surface area contributed by atoms with Crippen LogP contribution in [0.15, 0.2) is 18.3 Å². The van der Waals surface area contributed by atoms with E-state index in [9.17, 15) is 0 Å². The number of pyridine rings is 1. The van der Waals surface area contributed by atoms with Crippen LogP contribution in [-0.4, -0.2) is 31.3 Å². The van der Waals surface area contributed by atoms with Gasteiger partial charge in [0, 0.05) is 25.4 Å². The van der Waals surface area contributed by atoms with E-state index < -0.39 is 0 Å². The van der Waals surface area contributed by atoms with Gasteiger partial charge in [-0.25, -0.2) is 4.98 Å². The van der Waals surface area contributed by atoms with Crippen molar-refractivity contribution in [2.24, 2.45) is 0 Å². The first-order valence-electron chi connectivity index (χ1n) is 5.73. The number of rotatable bonds is 8. The molecule has 0 unspecified atom stereocenters. The summed E-state index contributed by atoms with van der Waals surface area (Å²) < 4.78 is 10.6. The van der Waals surface area contributed by atoms with Gasteiger partial charge >= 0.3 is 0 Å². The van der Waals surface area contributed by atoms with Crippen LogP contribution in [0.1, 0.15) is 19.4 Å². The lowest BCUT2D eigenvalue weighted by atomic mass is 10.3.